The topological polar surface area (TPSA) is 77.5 Å². The largest absolute Gasteiger partial charge is 0.474 e. The van der Waals surface area contributed by atoms with E-state index in [9.17, 15) is 9.59 Å². The van der Waals surface area contributed by atoms with E-state index >= 15 is 0 Å². The van der Waals surface area contributed by atoms with Gasteiger partial charge in [0.2, 0.25) is 6.10 Å². The molecule has 3 aromatic rings. The fourth-order valence-electron chi connectivity index (χ4n) is 2.81. The lowest BCUT2D eigenvalue weighted by Gasteiger charge is -2.19. The van der Waals surface area contributed by atoms with Crippen LogP contribution >= 0.6 is 0 Å². The van der Waals surface area contributed by atoms with Crippen LogP contribution in [0.5, 0.6) is 5.75 Å². The summed E-state index contributed by atoms with van der Waals surface area (Å²) in [4.78, 5) is 28.7. The van der Waals surface area contributed by atoms with E-state index in [1.807, 2.05) is 56.3 Å². The Bertz CT molecular complexity index is 988. The van der Waals surface area contributed by atoms with E-state index < -0.39 is 12.1 Å². The summed E-state index contributed by atoms with van der Waals surface area (Å²) in [6, 6.07) is 18.4. The van der Waals surface area contributed by atoms with Gasteiger partial charge < -0.3 is 14.8 Å². The number of benzene rings is 2. The van der Waals surface area contributed by atoms with Crippen LogP contribution in [0.15, 0.2) is 73.1 Å². The van der Waals surface area contributed by atoms with Crippen molar-refractivity contribution in [2.24, 2.45) is 0 Å². The van der Waals surface area contributed by atoms with Crippen molar-refractivity contribution in [3.63, 3.8) is 0 Å². The Morgan fingerprint density at radius 1 is 1.00 bits per heavy atom. The number of carbonyl (C=O) groups excluding carboxylic acids is 2. The lowest BCUT2D eigenvalue weighted by molar-refractivity contribution is -0.152. The molecule has 1 amide bonds. The molecule has 0 radical (unpaired) electrons. The lowest BCUT2D eigenvalue weighted by atomic mass is 10.1. The molecule has 1 heterocycles. The number of esters is 1. The van der Waals surface area contributed by atoms with Crippen LogP contribution < -0.4 is 10.1 Å². The molecule has 2 aromatic carbocycles. The molecule has 1 unspecified atom stereocenters. The Morgan fingerprint density at radius 2 is 1.80 bits per heavy atom. The molecule has 0 aliphatic rings. The molecular formula is C24H24N2O4. The van der Waals surface area contributed by atoms with Gasteiger partial charge in [0, 0.05) is 18.0 Å². The number of ether oxygens (including phenoxy) is 2. The zero-order valence-corrected chi connectivity index (χ0v) is 17.0. The van der Waals surface area contributed by atoms with Gasteiger partial charge in [0.1, 0.15) is 12.4 Å². The number of amides is 1. The van der Waals surface area contributed by atoms with Gasteiger partial charge in [-0.1, -0.05) is 42.0 Å². The second-order valence-corrected chi connectivity index (χ2v) is 6.89. The van der Waals surface area contributed by atoms with E-state index in [1.54, 1.807) is 24.4 Å². The first-order valence-electron chi connectivity index (χ1n) is 9.67. The zero-order valence-electron chi connectivity index (χ0n) is 17.0. The Hall–Kier alpha value is -3.67. The number of rotatable bonds is 8. The number of hydrogen-bond donors (Lipinski definition) is 1. The highest BCUT2D eigenvalue weighted by molar-refractivity contribution is 5.93. The molecule has 0 aliphatic heterocycles. The van der Waals surface area contributed by atoms with Crippen LogP contribution in [0, 0.1) is 13.8 Å². The molecule has 0 saturated heterocycles. The average Bonchev–Trinajstić information content (AvgIpc) is 2.76. The Labute approximate surface area is 175 Å². The SMILES string of the molecule is Cc1ccc(C(Oc2cccc(C)c2)C(=O)OCCNC(=O)c2cccnc2)cc1. The highest BCUT2D eigenvalue weighted by atomic mass is 16.6. The molecule has 0 saturated carbocycles. The summed E-state index contributed by atoms with van der Waals surface area (Å²) in [7, 11) is 0. The Balaban J connectivity index is 1.61. The van der Waals surface area contributed by atoms with Crippen LogP contribution in [0.2, 0.25) is 0 Å². The molecule has 0 aliphatic carbocycles. The maximum Gasteiger partial charge on any atom is 0.352 e. The maximum absolute atomic E-state index is 12.8. The summed E-state index contributed by atoms with van der Waals surface area (Å²) < 4.78 is 11.3. The Morgan fingerprint density at radius 3 is 2.50 bits per heavy atom. The molecule has 1 atom stereocenters. The monoisotopic (exact) mass is 404 g/mol. The summed E-state index contributed by atoms with van der Waals surface area (Å²) in [6.07, 6.45) is 2.17. The minimum atomic E-state index is -0.901. The van der Waals surface area contributed by atoms with E-state index in [4.69, 9.17) is 9.47 Å². The lowest BCUT2D eigenvalue weighted by Crippen LogP contribution is -2.30. The first kappa shape index (κ1) is 21.0. The summed E-state index contributed by atoms with van der Waals surface area (Å²) in [5.41, 5.74) is 3.26. The van der Waals surface area contributed by atoms with Crippen LogP contribution in [0.1, 0.15) is 33.2 Å². The number of aromatic nitrogens is 1. The first-order valence-corrected chi connectivity index (χ1v) is 9.67. The van der Waals surface area contributed by atoms with Gasteiger partial charge in [0.15, 0.2) is 0 Å². The second kappa shape index (κ2) is 10.2. The van der Waals surface area contributed by atoms with Crippen molar-refractivity contribution in [3.05, 3.63) is 95.3 Å². The van der Waals surface area contributed by atoms with Gasteiger partial charge in [-0.2, -0.15) is 0 Å². The minimum Gasteiger partial charge on any atom is -0.474 e. The van der Waals surface area contributed by atoms with Crippen LogP contribution in [0.25, 0.3) is 0 Å². The molecule has 0 spiro atoms. The average molecular weight is 404 g/mol. The van der Waals surface area contributed by atoms with Crippen molar-refractivity contribution in [1.82, 2.24) is 10.3 Å². The van der Waals surface area contributed by atoms with Gasteiger partial charge in [0.25, 0.3) is 5.91 Å². The normalized spacial score (nSPS) is 11.4. The van der Waals surface area contributed by atoms with Gasteiger partial charge in [-0.3, -0.25) is 9.78 Å². The molecule has 0 bridgehead atoms. The molecule has 3 rings (SSSR count). The fraction of sp³-hybridized carbons (Fsp3) is 0.208. The van der Waals surface area contributed by atoms with E-state index in [1.165, 1.54) is 6.20 Å². The molecule has 6 heteroatoms. The highest BCUT2D eigenvalue weighted by Crippen LogP contribution is 2.24. The molecule has 6 nitrogen and oxygen atoms in total. The van der Waals surface area contributed by atoms with Gasteiger partial charge >= 0.3 is 5.97 Å². The van der Waals surface area contributed by atoms with Crippen LogP contribution in [0.4, 0.5) is 0 Å². The summed E-state index contributed by atoms with van der Waals surface area (Å²) in [5, 5.41) is 2.70. The van der Waals surface area contributed by atoms with Crippen molar-refractivity contribution in [1.29, 1.82) is 0 Å². The van der Waals surface area contributed by atoms with Crippen molar-refractivity contribution in [2.45, 2.75) is 20.0 Å². The highest BCUT2D eigenvalue weighted by Gasteiger charge is 2.24. The van der Waals surface area contributed by atoms with Gasteiger partial charge in [-0.15, -0.1) is 0 Å². The predicted octanol–water partition coefficient (Wildman–Crippen LogP) is 3.79. The fourth-order valence-corrected chi connectivity index (χ4v) is 2.81. The van der Waals surface area contributed by atoms with Crippen molar-refractivity contribution >= 4 is 11.9 Å². The quantitative estimate of drug-likeness (QED) is 0.457. The third-order valence-electron chi connectivity index (χ3n) is 4.39. The smallest absolute Gasteiger partial charge is 0.352 e. The van der Waals surface area contributed by atoms with E-state index in [2.05, 4.69) is 10.3 Å². The van der Waals surface area contributed by atoms with Crippen LogP contribution in [-0.4, -0.2) is 30.0 Å². The number of aryl methyl sites for hydroxylation is 2. The summed E-state index contributed by atoms with van der Waals surface area (Å²) in [6.45, 7) is 4.15. The molecule has 1 aromatic heterocycles. The minimum absolute atomic E-state index is 0.0321. The summed E-state index contributed by atoms with van der Waals surface area (Å²) in [5.74, 6) is -0.205. The van der Waals surface area contributed by atoms with Crippen LogP contribution in [-0.2, 0) is 9.53 Å². The maximum atomic E-state index is 12.8. The predicted molar refractivity (Wildman–Crippen MR) is 113 cm³/mol. The van der Waals surface area contributed by atoms with Gasteiger partial charge in [-0.05, 0) is 43.7 Å². The summed E-state index contributed by atoms with van der Waals surface area (Å²) >= 11 is 0. The van der Waals surface area contributed by atoms with Crippen molar-refractivity contribution in [3.8, 4) is 5.75 Å². The molecule has 1 N–H and O–H groups in total. The molecule has 154 valence electrons. The second-order valence-electron chi connectivity index (χ2n) is 6.89. The number of nitrogens with zero attached hydrogens (tertiary/aromatic N) is 1. The number of hydrogen-bond acceptors (Lipinski definition) is 5. The van der Waals surface area contributed by atoms with Crippen molar-refractivity contribution in [2.75, 3.05) is 13.2 Å². The number of pyridine rings is 1. The van der Waals surface area contributed by atoms with E-state index in [-0.39, 0.29) is 19.1 Å². The van der Waals surface area contributed by atoms with Gasteiger partial charge in [0.05, 0.1) is 12.1 Å². The third kappa shape index (κ3) is 5.91. The van der Waals surface area contributed by atoms with E-state index in [0.29, 0.717) is 16.9 Å². The standard InChI is InChI=1S/C24H24N2O4/c1-17-8-10-19(11-9-17)22(30-21-7-3-5-18(2)15-21)24(28)29-14-13-26-23(27)20-6-4-12-25-16-20/h3-12,15-16,22H,13-14H2,1-2H3,(H,26,27). The zero-order chi connectivity index (χ0) is 21.3. The Kier molecular flexibility index (Phi) is 7.16. The molecule has 0 fully saturated rings. The van der Waals surface area contributed by atoms with Crippen molar-refractivity contribution < 1.29 is 19.1 Å². The number of carbonyl (C=O) groups is 2. The third-order valence-corrected chi connectivity index (χ3v) is 4.39. The molecular weight excluding hydrogens is 380 g/mol. The van der Waals surface area contributed by atoms with E-state index in [0.717, 1.165) is 11.1 Å². The first-order chi connectivity index (χ1) is 14.5. The number of nitrogens with one attached hydrogen (secondary N) is 1. The van der Waals surface area contributed by atoms with Gasteiger partial charge in [-0.25, -0.2) is 4.79 Å². The molecule has 30 heavy (non-hydrogen) atoms. The van der Waals surface area contributed by atoms with Crippen LogP contribution in [0.3, 0.4) is 0 Å².